The molecule has 1 N–H and O–H groups in total. The molecule has 5 heteroatoms. The molecule has 3 heterocycles. The molecule has 0 atom stereocenters. The van der Waals surface area contributed by atoms with Crippen molar-refractivity contribution in [3.8, 4) is 0 Å². The summed E-state index contributed by atoms with van der Waals surface area (Å²) in [5, 5.41) is 0. The lowest BCUT2D eigenvalue weighted by Crippen LogP contribution is -2.48. The van der Waals surface area contributed by atoms with Gasteiger partial charge < -0.3 is 9.88 Å². The number of imidazole rings is 1. The van der Waals surface area contributed by atoms with E-state index in [0.717, 1.165) is 42.3 Å². The van der Waals surface area contributed by atoms with Gasteiger partial charge >= 0.3 is 0 Å². The Hall–Kier alpha value is -2.17. The zero-order valence-corrected chi connectivity index (χ0v) is 13.2. The summed E-state index contributed by atoms with van der Waals surface area (Å²) in [5.74, 6) is 1.79. The molecule has 1 amide bonds. The van der Waals surface area contributed by atoms with Crippen LogP contribution in [0.4, 0.5) is 0 Å². The molecular formula is C17H22N4O. The molecule has 2 aromatic heterocycles. The average Bonchev–Trinajstić information content (AvgIpc) is 2.83. The van der Waals surface area contributed by atoms with Crippen molar-refractivity contribution >= 4 is 5.91 Å². The molecule has 2 aromatic rings. The summed E-state index contributed by atoms with van der Waals surface area (Å²) in [5.41, 5.74) is 3.26. The van der Waals surface area contributed by atoms with Crippen molar-refractivity contribution in [1.82, 2.24) is 19.9 Å². The van der Waals surface area contributed by atoms with Gasteiger partial charge in [0.05, 0.1) is 5.69 Å². The largest absolute Gasteiger partial charge is 0.346 e. The Labute approximate surface area is 130 Å². The summed E-state index contributed by atoms with van der Waals surface area (Å²) in [6.45, 7) is 6.01. The van der Waals surface area contributed by atoms with Crippen LogP contribution in [0.3, 0.4) is 0 Å². The van der Waals surface area contributed by atoms with Crippen molar-refractivity contribution in [1.29, 1.82) is 0 Å². The van der Waals surface area contributed by atoms with Crippen LogP contribution >= 0.6 is 0 Å². The van der Waals surface area contributed by atoms with E-state index in [4.69, 9.17) is 0 Å². The summed E-state index contributed by atoms with van der Waals surface area (Å²) < 4.78 is 0. The predicted octanol–water partition coefficient (Wildman–Crippen LogP) is 2.11. The molecule has 0 aromatic carbocycles. The number of rotatable bonds is 5. The van der Waals surface area contributed by atoms with E-state index in [1.807, 2.05) is 24.1 Å². The van der Waals surface area contributed by atoms with E-state index in [-0.39, 0.29) is 5.91 Å². The summed E-state index contributed by atoms with van der Waals surface area (Å²) in [6, 6.07) is 3.99. The smallest absolute Gasteiger partial charge is 0.223 e. The third kappa shape index (κ3) is 3.35. The molecule has 22 heavy (non-hydrogen) atoms. The molecule has 1 saturated heterocycles. The zero-order valence-electron chi connectivity index (χ0n) is 13.2. The topological polar surface area (TPSA) is 61.9 Å². The SMILES string of the molecule is Cc1[nH]c(CCC(=O)N2CC(C)C2)nc1Cc1cccnc1. The number of amides is 1. The van der Waals surface area contributed by atoms with E-state index in [0.29, 0.717) is 18.8 Å². The highest BCUT2D eigenvalue weighted by Gasteiger charge is 2.26. The first-order valence-corrected chi connectivity index (χ1v) is 7.83. The summed E-state index contributed by atoms with van der Waals surface area (Å²) in [4.78, 5) is 26.0. The molecule has 0 radical (unpaired) electrons. The van der Waals surface area contributed by atoms with Crippen LogP contribution in [0, 0.1) is 12.8 Å². The van der Waals surface area contributed by atoms with E-state index in [9.17, 15) is 4.79 Å². The van der Waals surface area contributed by atoms with Crippen molar-refractivity contribution in [2.75, 3.05) is 13.1 Å². The fraction of sp³-hybridized carbons (Fsp3) is 0.471. The van der Waals surface area contributed by atoms with E-state index < -0.39 is 0 Å². The Morgan fingerprint density at radius 2 is 2.27 bits per heavy atom. The third-order valence-corrected chi connectivity index (χ3v) is 4.12. The third-order valence-electron chi connectivity index (χ3n) is 4.12. The number of nitrogens with one attached hydrogen (secondary N) is 1. The van der Waals surface area contributed by atoms with Gasteiger partial charge in [0, 0.05) is 50.4 Å². The van der Waals surface area contributed by atoms with Crippen LogP contribution in [0.5, 0.6) is 0 Å². The first-order valence-electron chi connectivity index (χ1n) is 7.83. The van der Waals surface area contributed by atoms with Gasteiger partial charge in [0.25, 0.3) is 0 Å². The van der Waals surface area contributed by atoms with Gasteiger partial charge in [0.15, 0.2) is 0 Å². The molecule has 0 bridgehead atoms. The van der Waals surface area contributed by atoms with Gasteiger partial charge in [-0.1, -0.05) is 13.0 Å². The number of pyridine rings is 1. The van der Waals surface area contributed by atoms with E-state index in [1.54, 1.807) is 6.20 Å². The number of aromatic nitrogens is 3. The standard InChI is InChI=1S/C17H22N4O/c1-12-10-21(11-12)17(22)6-5-16-19-13(2)15(20-16)8-14-4-3-7-18-9-14/h3-4,7,9,12H,5-6,8,10-11H2,1-2H3,(H,19,20). The van der Waals surface area contributed by atoms with E-state index >= 15 is 0 Å². The molecular weight excluding hydrogens is 276 g/mol. The number of carbonyl (C=O) groups excluding carboxylic acids is 1. The number of H-pyrrole nitrogens is 1. The molecule has 1 aliphatic rings. The maximum Gasteiger partial charge on any atom is 0.223 e. The molecule has 0 saturated carbocycles. The lowest BCUT2D eigenvalue weighted by molar-refractivity contribution is -0.137. The highest BCUT2D eigenvalue weighted by molar-refractivity contribution is 5.77. The number of likely N-dealkylation sites (tertiary alicyclic amines) is 1. The number of nitrogens with zero attached hydrogens (tertiary/aromatic N) is 3. The molecule has 0 aliphatic carbocycles. The minimum atomic E-state index is 0.237. The summed E-state index contributed by atoms with van der Waals surface area (Å²) in [7, 11) is 0. The Morgan fingerprint density at radius 3 is 2.95 bits per heavy atom. The normalized spacial score (nSPS) is 14.9. The molecule has 5 nitrogen and oxygen atoms in total. The molecule has 3 rings (SSSR count). The fourth-order valence-corrected chi connectivity index (χ4v) is 2.84. The van der Waals surface area contributed by atoms with E-state index in [1.165, 1.54) is 0 Å². The van der Waals surface area contributed by atoms with Crippen molar-refractivity contribution in [2.24, 2.45) is 5.92 Å². The van der Waals surface area contributed by atoms with Gasteiger partial charge in [-0.15, -0.1) is 0 Å². The average molecular weight is 298 g/mol. The second-order valence-electron chi connectivity index (χ2n) is 6.20. The maximum absolute atomic E-state index is 12.0. The number of carbonyl (C=O) groups is 1. The molecule has 1 fully saturated rings. The number of aryl methyl sites for hydroxylation is 2. The minimum Gasteiger partial charge on any atom is -0.346 e. The lowest BCUT2D eigenvalue weighted by atomic mass is 10.0. The van der Waals surface area contributed by atoms with Gasteiger partial charge in [-0.25, -0.2) is 4.98 Å². The second-order valence-corrected chi connectivity index (χ2v) is 6.20. The van der Waals surface area contributed by atoms with Crippen molar-refractivity contribution in [3.05, 3.63) is 47.3 Å². The molecule has 116 valence electrons. The highest BCUT2D eigenvalue weighted by atomic mass is 16.2. The summed E-state index contributed by atoms with van der Waals surface area (Å²) in [6.07, 6.45) is 5.62. The van der Waals surface area contributed by atoms with Crippen LogP contribution in [0.15, 0.2) is 24.5 Å². The van der Waals surface area contributed by atoms with Gasteiger partial charge in [0.1, 0.15) is 5.82 Å². The summed E-state index contributed by atoms with van der Waals surface area (Å²) >= 11 is 0. The van der Waals surface area contributed by atoms with Crippen LogP contribution in [0.2, 0.25) is 0 Å². The minimum absolute atomic E-state index is 0.237. The Bertz CT molecular complexity index is 644. The Morgan fingerprint density at radius 1 is 1.45 bits per heavy atom. The predicted molar refractivity (Wildman–Crippen MR) is 84.4 cm³/mol. The van der Waals surface area contributed by atoms with Gasteiger partial charge in [0.2, 0.25) is 5.91 Å². The molecule has 0 spiro atoms. The molecule has 0 unspecified atom stereocenters. The quantitative estimate of drug-likeness (QED) is 0.919. The Balaban J connectivity index is 1.57. The number of aromatic amines is 1. The fourth-order valence-electron chi connectivity index (χ4n) is 2.84. The van der Waals surface area contributed by atoms with Crippen LogP contribution < -0.4 is 0 Å². The first-order chi connectivity index (χ1) is 10.6. The van der Waals surface area contributed by atoms with Crippen LogP contribution in [-0.4, -0.2) is 38.8 Å². The van der Waals surface area contributed by atoms with Gasteiger partial charge in [-0.05, 0) is 24.5 Å². The zero-order chi connectivity index (χ0) is 15.5. The van der Waals surface area contributed by atoms with Crippen molar-refractivity contribution in [2.45, 2.75) is 33.1 Å². The Kier molecular flexibility index (Phi) is 4.22. The van der Waals surface area contributed by atoms with Crippen molar-refractivity contribution < 1.29 is 4.79 Å². The highest BCUT2D eigenvalue weighted by Crippen LogP contribution is 2.17. The first kappa shape index (κ1) is 14.8. The number of hydrogen-bond donors (Lipinski definition) is 1. The van der Waals surface area contributed by atoms with E-state index in [2.05, 4.69) is 27.9 Å². The van der Waals surface area contributed by atoms with Crippen molar-refractivity contribution in [3.63, 3.8) is 0 Å². The van der Waals surface area contributed by atoms with Crippen LogP contribution in [0.1, 0.15) is 36.1 Å². The monoisotopic (exact) mass is 298 g/mol. The number of hydrogen-bond acceptors (Lipinski definition) is 3. The maximum atomic E-state index is 12.0. The van der Waals surface area contributed by atoms with Crippen LogP contribution in [-0.2, 0) is 17.6 Å². The van der Waals surface area contributed by atoms with Gasteiger partial charge in [-0.3, -0.25) is 9.78 Å². The second kappa shape index (κ2) is 6.30. The molecule has 1 aliphatic heterocycles. The van der Waals surface area contributed by atoms with Gasteiger partial charge in [-0.2, -0.15) is 0 Å². The lowest BCUT2D eigenvalue weighted by Gasteiger charge is -2.37. The van der Waals surface area contributed by atoms with Crippen LogP contribution in [0.25, 0.3) is 0 Å².